The van der Waals surface area contributed by atoms with Crippen molar-refractivity contribution in [3.8, 4) is 0 Å². The first kappa shape index (κ1) is 9.04. The molecule has 0 unspecified atom stereocenters. The maximum Gasteiger partial charge on any atom is 0.0579 e. The Kier molecular flexibility index (Phi) is 2.78. The summed E-state index contributed by atoms with van der Waals surface area (Å²) < 4.78 is 1.29. The molecule has 1 aliphatic carbocycles. The molecule has 0 saturated carbocycles. The molecule has 0 aromatic carbocycles. The smallest absolute Gasteiger partial charge is 0.0579 e. The molecule has 0 aliphatic heterocycles. The Morgan fingerprint density at radius 1 is 1.33 bits per heavy atom. The number of alkyl halides is 1. The third kappa shape index (κ3) is 1.45. The van der Waals surface area contributed by atoms with Crippen molar-refractivity contribution in [2.24, 2.45) is 0 Å². The van der Waals surface area contributed by atoms with E-state index < -0.39 is 0 Å². The van der Waals surface area contributed by atoms with Crippen molar-refractivity contribution in [3.05, 3.63) is 19.8 Å². The van der Waals surface area contributed by atoms with Crippen molar-refractivity contribution < 1.29 is 0 Å². The van der Waals surface area contributed by atoms with Crippen molar-refractivity contribution in [2.75, 3.05) is 0 Å². The van der Waals surface area contributed by atoms with Gasteiger partial charge in [0.1, 0.15) is 0 Å². The molecule has 1 aromatic rings. The van der Waals surface area contributed by atoms with Gasteiger partial charge in [0.25, 0.3) is 0 Å². The van der Waals surface area contributed by atoms with Crippen molar-refractivity contribution in [2.45, 2.75) is 31.6 Å². The van der Waals surface area contributed by atoms with Crippen LogP contribution in [0.2, 0.25) is 0 Å². The van der Waals surface area contributed by atoms with Crippen LogP contribution in [0.1, 0.15) is 28.2 Å². The molecular formula is C9H10BrClS. The van der Waals surface area contributed by atoms with Crippen LogP contribution in [-0.2, 0) is 18.7 Å². The first-order chi connectivity index (χ1) is 5.83. The highest BCUT2D eigenvalue weighted by molar-refractivity contribution is 9.10. The van der Waals surface area contributed by atoms with Gasteiger partial charge in [-0.25, -0.2) is 0 Å². The van der Waals surface area contributed by atoms with Crippen LogP contribution >= 0.6 is 38.9 Å². The zero-order valence-corrected chi connectivity index (χ0v) is 9.86. The van der Waals surface area contributed by atoms with E-state index in [1.165, 1.54) is 40.6 Å². The van der Waals surface area contributed by atoms with Gasteiger partial charge in [-0.2, -0.15) is 0 Å². The van der Waals surface area contributed by atoms with Crippen LogP contribution in [0.4, 0.5) is 0 Å². The Hall–Kier alpha value is 0.470. The molecule has 0 atom stereocenters. The van der Waals surface area contributed by atoms with E-state index in [-0.39, 0.29) is 0 Å². The summed E-state index contributed by atoms with van der Waals surface area (Å²) in [6.07, 6.45) is 5.19. The number of thiophene rings is 1. The molecule has 0 nitrogen and oxygen atoms in total. The average molecular weight is 266 g/mol. The van der Waals surface area contributed by atoms with Crippen LogP contribution in [0.3, 0.4) is 0 Å². The highest BCUT2D eigenvalue weighted by Gasteiger charge is 2.17. The summed E-state index contributed by atoms with van der Waals surface area (Å²) in [5.74, 6) is 0.651. The lowest BCUT2D eigenvalue weighted by Crippen LogP contribution is -1.97. The lowest BCUT2D eigenvalue weighted by atomic mass is 9.99. The molecule has 0 amide bonds. The molecule has 0 saturated heterocycles. The van der Waals surface area contributed by atoms with Crippen molar-refractivity contribution in [1.82, 2.24) is 0 Å². The van der Waals surface area contributed by atoms with Crippen molar-refractivity contribution in [1.29, 1.82) is 0 Å². The molecule has 12 heavy (non-hydrogen) atoms. The van der Waals surface area contributed by atoms with E-state index in [1.54, 1.807) is 4.88 Å². The third-order valence-electron chi connectivity index (χ3n) is 2.29. The Labute approximate surface area is 90.1 Å². The second-order valence-corrected chi connectivity index (χ2v) is 5.33. The molecule has 0 N–H and O–H groups in total. The van der Waals surface area contributed by atoms with Gasteiger partial charge in [0.05, 0.1) is 5.88 Å². The fourth-order valence-electron chi connectivity index (χ4n) is 1.67. The zero-order chi connectivity index (χ0) is 8.55. The van der Waals surface area contributed by atoms with Crippen LogP contribution in [0.25, 0.3) is 0 Å². The van der Waals surface area contributed by atoms with E-state index in [0.29, 0.717) is 5.88 Å². The fourth-order valence-corrected chi connectivity index (χ4v) is 4.22. The Bertz CT molecular complexity index is 293. The maximum absolute atomic E-state index is 5.83. The lowest BCUT2D eigenvalue weighted by Gasteiger charge is -2.09. The minimum atomic E-state index is 0.651. The van der Waals surface area contributed by atoms with Gasteiger partial charge in [0.2, 0.25) is 0 Å². The van der Waals surface area contributed by atoms with Crippen LogP contribution in [0.15, 0.2) is 4.47 Å². The first-order valence-corrected chi connectivity index (χ1v) is 6.32. The molecular weight excluding hydrogens is 256 g/mol. The quantitative estimate of drug-likeness (QED) is 0.670. The third-order valence-corrected chi connectivity index (χ3v) is 5.23. The van der Waals surface area contributed by atoms with E-state index in [1.807, 2.05) is 11.3 Å². The standard InChI is InChI=1S/C9H10BrClS/c10-9-6-3-1-2-4-7(6)12-8(9)5-11/h1-5H2. The van der Waals surface area contributed by atoms with Crippen molar-refractivity contribution in [3.63, 3.8) is 0 Å². The van der Waals surface area contributed by atoms with Gasteiger partial charge in [-0.1, -0.05) is 0 Å². The van der Waals surface area contributed by atoms with Crippen molar-refractivity contribution >= 4 is 38.9 Å². The van der Waals surface area contributed by atoms with Gasteiger partial charge in [-0.3, -0.25) is 0 Å². The molecule has 0 fully saturated rings. The van der Waals surface area contributed by atoms with Gasteiger partial charge in [0, 0.05) is 14.2 Å². The van der Waals surface area contributed by atoms with Gasteiger partial charge in [0.15, 0.2) is 0 Å². The van der Waals surface area contributed by atoms with Crippen LogP contribution in [0, 0.1) is 0 Å². The minimum Gasteiger partial charge on any atom is -0.143 e. The normalized spacial score (nSPS) is 16.2. The maximum atomic E-state index is 5.83. The van der Waals surface area contributed by atoms with E-state index in [0.717, 1.165) is 0 Å². The summed E-state index contributed by atoms with van der Waals surface area (Å²) in [6.45, 7) is 0. The Morgan fingerprint density at radius 2 is 2.08 bits per heavy atom. The summed E-state index contributed by atoms with van der Waals surface area (Å²) in [7, 11) is 0. The highest BCUT2D eigenvalue weighted by atomic mass is 79.9. The first-order valence-electron chi connectivity index (χ1n) is 4.18. The minimum absolute atomic E-state index is 0.651. The number of rotatable bonds is 1. The Morgan fingerprint density at radius 3 is 2.75 bits per heavy atom. The molecule has 0 bridgehead atoms. The Balaban J connectivity index is 2.44. The summed E-state index contributed by atoms with van der Waals surface area (Å²) in [5, 5.41) is 0. The van der Waals surface area contributed by atoms with Crippen LogP contribution in [-0.4, -0.2) is 0 Å². The van der Waals surface area contributed by atoms with E-state index in [9.17, 15) is 0 Å². The second kappa shape index (κ2) is 3.69. The van der Waals surface area contributed by atoms with Gasteiger partial charge >= 0.3 is 0 Å². The number of fused-ring (bicyclic) bond motifs is 1. The van der Waals surface area contributed by atoms with Crippen LogP contribution in [0.5, 0.6) is 0 Å². The van der Waals surface area contributed by atoms with E-state index >= 15 is 0 Å². The fraction of sp³-hybridized carbons (Fsp3) is 0.556. The van der Waals surface area contributed by atoms with Gasteiger partial charge in [-0.15, -0.1) is 22.9 Å². The summed E-state index contributed by atoms with van der Waals surface area (Å²) in [6, 6.07) is 0. The zero-order valence-electron chi connectivity index (χ0n) is 6.70. The topological polar surface area (TPSA) is 0 Å². The molecule has 1 heterocycles. The van der Waals surface area contributed by atoms with E-state index in [4.69, 9.17) is 11.6 Å². The van der Waals surface area contributed by atoms with E-state index in [2.05, 4.69) is 15.9 Å². The molecule has 0 spiro atoms. The number of aryl methyl sites for hydroxylation is 1. The largest absolute Gasteiger partial charge is 0.143 e. The lowest BCUT2D eigenvalue weighted by molar-refractivity contribution is 0.695. The average Bonchev–Trinajstić information content (AvgIpc) is 2.44. The second-order valence-electron chi connectivity index (χ2n) is 3.08. The molecule has 1 aromatic heterocycles. The van der Waals surface area contributed by atoms with Gasteiger partial charge < -0.3 is 0 Å². The predicted octanol–water partition coefficient (Wildman–Crippen LogP) is 4.13. The predicted molar refractivity (Wildman–Crippen MR) is 58.2 cm³/mol. The number of hydrogen-bond donors (Lipinski definition) is 0. The molecule has 0 radical (unpaired) electrons. The molecule has 2 rings (SSSR count). The highest BCUT2D eigenvalue weighted by Crippen LogP contribution is 2.38. The molecule has 66 valence electrons. The van der Waals surface area contributed by atoms with Crippen LogP contribution < -0.4 is 0 Å². The molecule has 3 heteroatoms. The van der Waals surface area contributed by atoms with Gasteiger partial charge in [-0.05, 0) is 47.2 Å². The summed E-state index contributed by atoms with van der Waals surface area (Å²) >= 11 is 11.3. The monoisotopic (exact) mass is 264 g/mol. The summed E-state index contributed by atoms with van der Waals surface area (Å²) in [5.41, 5.74) is 1.53. The molecule has 1 aliphatic rings. The SMILES string of the molecule is ClCc1sc2c(c1Br)CCCC2. The number of halogens is 2. The number of hydrogen-bond acceptors (Lipinski definition) is 1. The summed E-state index contributed by atoms with van der Waals surface area (Å²) in [4.78, 5) is 2.87.